The van der Waals surface area contributed by atoms with E-state index in [0.717, 1.165) is 0 Å². The highest BCUT2D eigenvalue weighted by Gasteiger charge is 2.12. The van der Waals surface area contributed by atoms with Gasteiger partial charge in [0.05, 0.1) is 10.7 Å². The molecule has 1 aromatic carbocycles. The van der Waals surface area contributed by atoms with Gasteiger partial charge in [0, 0.05) is 18.8 Å². The number of hydrogen-bond donors (Lipinski definition) is 2. The molecule has 1 heterocycles. The van der Waals surface area contributed by atoms with E-state index >= 15 is 0 Å². The van der Waals surface area contributed by atoms with Crippen molar-refractivity contribution in [3.8, 4) is 11.8 Å². The van der Waals surface area contributed by atoms with Gasteiger partial charge in [-0.1, -0.05) is 23.4 Å². The fourth-order valence-corrected chi connectivity index (χ4v) is 1.79. The highest BCUT2D eigenvalue weighted by atomic mass is 35.5. The average Bonchev–Trinajstić information content (AvgIpc) is 2.86. The smallest absolute Gasteiger partial charge is 0.273 e. The lowest BCUT2D eigenvalue weighted by molar-refractivity contribution is 0.101. The zero-order valence-electron chi connectivity index (χ0n) is 10.7. The van der Waals surface area contributed by atoms with Crippen LogP contribution < -0.4 is 5.32 Å². The van der Waals surface area contributed by atoms with Crippen LogP contribution in [-0.2, 0) is 7.05 Å². The molecule has 5 nitrogen and oxygen atoms in total. The van der Waals surface area contributed by atoms with Gasteiger partial charge in [0.15, 0.2) is 0 Å². The van der Waals surface area contributed by atoms with Crippen molar-refractivity contribution < 1.29 is 9.90 Å². The van der Waals surface area contributed by atoms with E-state index in [-0.39, 0.29) is 12.5 Å². The van der Waals surface area contributed by atoms with E-state index in [1.165, 1.54) is 4.68 Å². The quantitative estimate of drug-likeness (QED) is 0.827. The summed E-state index contributed by atoms with van der Waals surface area (Å²) in [6.07, 6.45) is 1.54. The Morgan fingerprint density at radius 3 is 2.95 bits per heavy atom. The number of rotatable bonds is 2. The van der Waals surface area contributed by atoms with Crippen molar-refractivity contribution in [1.29, 1.82) is 0 Å². The molecular formula is C14H12ClN3O2. The summed E-state index contributed by atoms with van der Waals surface area (Å²) in [7, 11) is 1.68. The van der Waals surface area contributed by atoms with Crippen molar-refractivity contribution in [3.05, 3.63) is 46.7 Å². The number of benzene rings is 1. The van der Waals surface area contributed by atoms with Gasteiger partial charge in [0.1, 0.15) is 12.3 Å². The Morgan fingerprint density at radius 1 is 1.50 bits per heavy atom. The second-order valence-electron chi connectivity index (χ2n) is 3.95. The van der Waals surface area contributed by atoms with E-state index in [1.54, 1.807) is 37.5 Å². The summed E-state index contributed by atoms with van der Waals surface area (Å²) in [5, 5.41) is 15.7. The number of aryl methyl sites for hydroxylation is 1. The Morgan fingerprint density at radius 2 is 2.30 bits per heavy atom. The molecule has 0 saturated heterocycles. The molecule has 0 spiro atoms. The van der Waals surface area contributed by atoms with E-state index < -0.39 is 0 Å². The minimum absolute atomic E-state index is 0.223. The number of anilines is 1. The molecule has 0 unspecified atom stereocenters. The SMILES string of the molecule is Cn1nccc1C(=O)Nc1cc(C#CCO)ccc1Cl. The van der Waals surface area contributed by atoms with Crippen molar-refractivity contribution in [2.45, 2.75) is 0 Å². The Balaban J connectivity index is 2.25. The van der Waals surface area contributed by atoms with Crippen LogP contribution in [0.1, 0.15) is 16.1 Å². The third-order valence-corrected chi connectivity index (χ3v) is 2.91. The largest absolute Gasteiger partial charge is 0.384 e. The predicted molar refractivity (Wildman–Crippen MR) is 76.6 cm³/mol. The molecule has 1 aromatic heterocycles. The van der Waals surface area contributed by atoms with Crippen LogP contribution in [0.3, 0.4) is 0 Å². The van der Waals surface area contributed by atoms with Crippen LogP contribution in [-0.4, -0.2) is 27.4 Å². The third-order valence-electron chi connectivity index (χ3n) is 2.58. The van der Waals surface area contributed by atoms with Crippen molar-refractivity contribution >= 4 is 23.2 Å². The second kappa shape index (κ2) is 6.24. The summed E-state index contributed by atoms with van der Waals surface area (Å²) in [5.41, 5.74) is 1.54. The van der Waals surface area contributed by atoms with E-state index in [4.69, 9.17) is 16.7 Å². The normalized spacial score (nSPS) is 9.75. The summed E-state index contributed by atoms with van der Waals surface area (Å²) in [5.74, 6) is 4.98. The first-order valence-electron chi connectivity index (χ1n) is 5.80. The molecule has 0 aliphatic carbocycles. The Hall–Kier alpha value is -2.29. The minimum atomic E-state index is -0.306. The van der Waals surface area contributed by atoms with Crippen LogP contribution in [0.15, 0.2) is 30.5 Å². The van der Waals surface area contributed by atoms with E-state index in [2.05, 4.69) is 22.3 Å². The Kier molecular flexibility index (Phi) is 4.41. The van der Waals surface area contributed by atoms with Crippen molar-refractivity contribution in [3.63, 3.8) is 0 Å². The van der Waals surface area contributed by atoms with Crippen LogP contribution in [0.5, 0.6) is 0 Å². The van der Waals surface area contributed by atoms with Crippen molar-refractivity contribution in [2.75, 3.05) is 11.9 Å². The molecule has 0 fully saturated rings. The van der Waals surface area contributed by atoms with E-state index in [9.17, 15) is 4.79 Å². The van der Waals surface area contributed by atoms with Gasteiger partial charge >= 0.3 is 0 Å². The molecule has 6 heteroatoms. The maximum Gasteiger partial charge on any atom is 0.273 e. The van der Waals surface area contributed by atoms with Crippen molar-refractivity contribution in [2.24, 2.45) is 7.05 Å². The van der Waals surface area contributed by atoms with Crippen LogP contribution >= 0.6 is 11.6 Å². The summed E-state index contributed by atoms with van der Waals surface area (Å²) in [4.78, 5) is 12.1. The van der Waals surface area contributed by atoms with Crippen LogP contribution in [0.4, 0.5) is 5.69 Å². The fourth-order valence-electron chi connectivity index (χ4n) is 1.62. The molecule has 20 heavy (non-hydrogen) atoms. The van der Waals surface area contributed by atoms with Crippen molar-refractivity contribution in [1.82, 2.24) is 9.78 Å². The number of nitrogens with zero attached hydrogens (tertiary/aromatic N) is 2. The highest BCUT2D eigenvalue weighted by molar-refractivity contribution is 6.34. The monoisotopic (exact) mass is 289 g/mol. The summed E-state index contributed by atoms with van der Waals surface area (Å²) in [6.45, 7) is -0.223. The molecule has 2 rings (SSSR count). The van der Waals surface area contributed by atoms with Crippen LogP contribution in [0.2, 0.25) is 5.02 Å². The number of amides is 1. The van der Waals surface area contributed by atoms with Crippen LogP contribution in [0, 0.1) is 11.8 Å². The lowest BCUT2D eigenvalue weighted by Crippen LogP contribution is -2.16. The first-order chi connectivity index (χ1) is 9.61. The van der Waals surface area contributed by atoms with Gasteiger partial charge in [-0.15, -0.1) is 0 Å². The van der Waals surface area contributed by atoms with Gasteiger partial charge in [-0.3, -0.25) is 9.48 Å². The fraction of sp³-hybridized carbons (Fsp3) is 0.143. The molecular weight excluding hydrogens is 278 g/mol. The number of hydrogen-bond acceptors (Lipinski definition) is 3. The first kappa shape index (κ1) is 14.1. The molecule has 1 amide bonds. The molecule has 0 atom stereocenters. The van der Waals surface area contributed by atoms with Crippen LogP contribution in [0.25, 0.3) is 0 Å². The van der Waals surface area contributed by atoms with E-state index in [1.807, 2.05) is 0 Å². The standard InChI is InChI=1S/C14H12ClN3O2/c1-18-13(6-7-16-18)14(20)17-12-9-10(3-2-8-19)4-5-11(12)15/h4-7,9,19H,8H2,1H3,(H,17,20). The average molecular weight is 290 g/mol. The number of aliphatic hydroxyl groups is 1. The molecule has 0 bridgehead atoms. The summed E-state index contributed by atoms with van der Waals surface area (Å²) < 4.78 is 1.47. The molecule has 102 valence electrons. The van der Waals surface area contributed by atoms with Gasteiger partial charge in [0.2, 0.25) is 0 Å². The van der Waals surface area contributed by atoms with Gasteiger partial charge in [-0.25, -0.2) is 0 Å². The number of aromatic nitrogens is 2. The number of aliphatic hydroxyl groups excluding tert-OH is 1. The maximum atomic E-state index is 12.1. The van der Waals surface area contributed by atoms with Gasteiger partial charge < -0.3 is 10.4 Å². The molecule has 2 aromatic rings. The lowest BCUT2D eigenvalue weighted by atomic mass is 10.2. The Labute approximate surface area is 121 Å². The van der Waals surface area contributed by atoms with E-state index in [0.29, 0.717) is 22.0 Å². The zero-order valence-corrected chi connectivity index (χ0v) is 11.5. The number of carbonyl (C=O) groups excluding carboxylic acids is 1. The van der Waals surface area contributed by atoms with Gasteiger partial charge in [-0.05, 0) is 24.3 Å². The topological polar surface area (TPSA) is 67.2 Å². The highest BCUT2D eigenvalue weighted by Crippen LogP contribution is 2.23. The first-order valence-corrected chi connectivity index (χ1v) is 6.18. The molecule has 0 radical (unpaired) electrons. The summed E-state index contributed by atoms with van der Waals surface area (Å²) >= 11 is 6.04. The molecule has 0 saturated carbocycles. The zero-order chi connectivity index (χ0) is 14.5. The summed E-state index contributed by atoms with van der Waals surface area (Å²) in [6, 6.07) is 6.62. The number of nitrogens with one attached hydrogen (secondary N) is 1. The predicted octanol–water partition coefficient (Wildman–Crippen LogP) is 1.67. The van der Waals surface area contributed by atoms with Gasteiger partial charge in [0.25, 0.3) is 5.91 Å². The second-order valence-corrected chi connectivity index (χ2v) is 4.36. The number of halogens is 1. The maximum absolute atomic E-state index is 12.1. The molecule has 0 aliphatic rings. The molecule has 0 aliphatic heterocycles. The minimum Gasteiger partial charge on any atom is -0.384 e. The Bertz CT molecular complexity index is 698. The molecule has 2 N–H and O–H groups in total. The lowest BCUT2D eigenvalue weighted by Gasteiger charge is -2.07. The number of carbonyl (C=O) groups is 1. The third kappa shape index (κ3) is 3.18. The van der Waals surface area contributed by atoms with Gasteiger partial charge in [-0.2, -0.15) is 5.10 Å².